The van der Waals surface area contributed by atoms with Crippen LogP contribution in [0.25, 0.3) is 38.9 Å². The van der Waals surface area contributed by atoms with Gasteiger partial charge in [0.05, 0.1) is 39.6 Å². The van der Waals surface area contributed by atoms with Gasteiger partial charge in [-0.2, -0.15) is 0 Å². The van der Waals surface area contributed by atoms with E-state index < -0.39 is 0 Å². The highest BCUT2D eigenvalue weighted by molar-refractivity contribution is 6.42. The number of fused-ring (bicyclic) bond motifs is 4. The van der Waals surface area contributed by atoms with Crippen LogP contribution in [0.15, 0.2) is 76.4 Å². The summed E-state index contributed by atoms with van der Waals surface area (Å²) in [4.78, 5) is 27.7. The first-order chi connectivity index (χ1) is 15.6. The number of nitrogens with zero attached hydrogens (tertiary/aromatic N) is 5. The minimum Gasteiger partial charge on any atom is -0.467 e. The molecule has 4 aromatic heterocycles. The highest BCUT2D eigenvalue weighted by Gasteiger charge is 2.21. The highest BCUT2D eigenvalue weighted by Crippen LogP contribution is 2.31. The van der Waals surface area contributed by atoms with Crippen LogP contribution < -0.4 is 5.56 Å². The van der Waals surface area contributed by atoms with E-state index in [-0.39, 0.29) is 12.1 Å². The van der Waals surface area contributed by atoms with E-state index in [0.29, 0.717) is 54.7 Å². The lowest BCUT2D eigenvalue weighted by Gasteiger charge is -2.08. The Kier molecular flexibility index (Phi) is 4.28. The molecular weight excluding hydrogens is 449 g/mol. The zero-order valence-corrected chi connectivity index (χ0v) is 17.9. The Morgan fingerprint density at radius 2 is 1.72 bits per heavy atom. The number of aromatic nitrogens is 5. The quantitative estimate of drug-likeness (QED) is 0.360. The number of benzene rings is 2. The summed E-state index contributed by atoms with van der Waals surface area (Å²) in [6.07, 6.45) is 3.07. The molecule has 0 saturated carbocycles. The van der Waals surface area contributed by atoms with E-state index in [4.69, 9.17) is 37.6 Å². The largest absolute Gasteiger partial charge is 0.467 e. The number of rotatable bonds is 3. The van der Waals surface area contributed by atoms with E-state index in [1.807, 2.05) is 30.3 Å². The lowest BCUT2D eigenvalue weighted by molar-refractivity contribution is 0.489. The monoisotopic (exact) mass is 461 g/mol. The normalized spacial score (nSPS) is 11.7. The number of hydrogen-bond acceptors (Lipinski definition) is 5. The van der Waals surface area contributed by atoms with Gasteiger partial charge in [-0.1, -0.05) is 35.3 Å². The molecule has 7 nitrogen and oxygen atoms in total. The third kappa shape index (κ3) is 2.90. The van der Waals surface area contributed by atoms with Gasteiger partial charge in [-0.15, -0.1) is 0 Å². The van der Waals surface area contributed by atoms with Crippen molar-refractivity contribution < 1.29 is 4.42 Å². The van der Waals surface area contributed by atoms with E-state index in [2.05, 4.69) is 4.98 Å². The summed E-state index contributed by atoms with van der Waals surface area (Å²) in [5, 5.41) is 1.19. The van der Waals surface area contributed by atoms with E-state index in [1.165, 1.54) is 10.9 Å². The molecule has 0 aliphatic rings. The van der Waals surface area contributed by atoms with Gasteiger partial charge in [-0.05, 0) is 42.5 Å². The van der Waals surface area contributed by atoms with Gasteiger partial charge in [0.1, 0.15) is 23.0 Å². The fourth-order valence-electron chi connectivity index (χ4n) is 3.82. The molecule has 0 atom stereocenters. The van der Waals surface area contributed by atoms with Crippen molar-refractivity contribution in [3.8, 4) is 5.69 Å². The van der Waals surface area contributed by atoms with Crippen LogP contribution in [0.5, 0.6) is 0 Å². The Morgan fingerprint density at radius 1 is 0.906 bits per heavy atom. The Hall–Kier alpha value is -3.68. The van der Waals surface area contributed by atoms with Crippen LogP contribution in [0.2, 0.25) is 10.0 Å². The summed E-state index contributed by atoms with van der Waals surface area (Å²) < 4.78 is 8.68. The average Bonchev–Trinajstić information content (AvgIpc) is 3.42. The van der Waals surface area contributed by atoms with E-state index in [0.717, 1.165) is 0 Å². The smallest absolute Gasteiger partial charge is 0.265 e. The molecule has 0 saturated heterocycles. The van der Waals surface area contributed by atoms with Gasteiger partial charge in [0, 0.05) is 0 Å². The van der Waals surface area contributed by atoms with Crippen LogP contribution in [-0.4, -0.2) is 24.1 Å². The predicted molar refractivity (Wildman–Crippen MR) is 124 cm³/mol. The third-order valence-corrected chi connectivity index (χ3v) is 6.04. The van der Waals surface area contributed by atoms with Gasteiger partial charge in [0.25, 0.3) is 5.56 Å². The second-order valence-electron chi connectivity index (χ2n) is 7.27. The maximum atomic E-state index is 13.5. The maximum absolute atomic E-state index is 13.5. The first-order valence-corrected chi connectivity index (χ1v) is 10.5. The molecule has 32 heavy (non-hydrogen) atoms. The Morgan fingerprint density at radius 3 is 2.47 bits per heavy atom. The molecule has 0 amide bonds. The van der Waals surface area contributed by atoms with Crippen molar-refractivity contribution in [3.05, 3.63) is 93.3 Å². The summed E-state index contributed by atoms with van der Waals surface area (Å²) in [6.45, 7) is 0.259. The summed E-state index contributed by atoms with van der Waals surface area (Å²) in [7, 11) is 0. The summed E-state index contributed by atoms with van der Waals surface area (Å²) in [5.41, 5.74) is 3.26. The summed E-state index contributed by atoms with van der Waals surface area (Å²) >= 11 is 12.4. The molecular formula is C23H13Cl2N5O2. The second kappa shape index (κ2) is 7.19. The van der Waals surface area contributed by atoms with Crippen LogP contribution in [-0.2, 0) is 6.54 Å². The van der Waals surface area contributed by atoms with Crippen LogP contribution in [0.3, 0.4) is 0 Å². The number of para-hydroxylation sites is 2. The van der Waals surface area contributed by atoms with Gasteiger partial charge in [0.15, 0.2) is 11.3 Å². The zero-order valence-electron chi connectivity index (χ0n) is 16.4. The highest BCUT2D eigenvalue weighted by atomic mass is 35.5. The van der Waals surface area contributed by atoms with Gasteiger partial charge in [0.2, 0.25) is 0 Å². The zero-order chi connectivity index (χ0) is 21.8. The van der Waals surface area contributed by atoms with Crippen molar-refractivity contribution in [2.24, 2.45) is 0 Å². The lowest BCUT2D eigenvalue weighted by atomic mass is 10.3. The number of hydrogen-bond donors (Lipinski definition) is 0. The van der Waals surface area contributed by atoms with Gasteiger partial charge < -0.3 is 4.42 Å². The molecule has 0 bridgehead atoms. The van der Waals surface area contributed by atoms with Gasteiger partial charge in [-0.25, -0.2) is 15.0 Å². The van der Waals surface area contributed by atoms with E-state index >= 15 is 0 Å². The van der Waals surface area contributed by atoms with Crippen molar-refractivity contribution in [2.75, 3.05) is 0 Å². The Balaban J connectivity index is 1.73. The molecule has 0 unspecified atom stereocenters. The topological polar surface area (TPSA) is 78.7 Å². The van der Waals surface area contributed by atoms with Gasteiger partial charge >= 0.3 is 0 Å². The first-order valence-electron chi connectivity index (χ1n) is 9.74. The van der Waals surface area contributed by atoms with Crippen molar-refractivity contribution in [2.45, 2.75) is 6.54 Å². The Labute approximate surface area is 190 Å². The fourth-order valence-corrected chi connectivity index (χ4v) is 4.12. The molecule has 0 fully saturated rings. The molecule has 6 rings (SSSR count). The van der Waals surface area contributed by atoms with E-state index in [9.17, 15) is 4.79 Å². The molecule has 4 heterocycles. The SMILES string of the molecule is O=c1c2c3nc4ccccc4nc3n(-c3ccc(Cl)c(Cl)c3)c2ncn1Cc1ccco1. The molecule has 0 spiro atoms. The summed E-state index contributed by atoms with van der Waals surface area (Å²) in [6, 6.07) is 16.3. The van der Waals surface area contributed by atoms with Gasteiger partial charge in [-0.3, -0.25) is 13.9 Å². The van der Waals surface area contributed by atoms with E-state index in [1.54, 1.807) is 35.1 Å². The third-order valence-electron chi connectivity index (χ3n) is 5.30. The maximum Gasteiger partial charge on any atom is 0.265 e. The Bertz CT molecular complexity index is 1700. The molecule has 0 aliphatic carbocycles. The molecule has 0 N–H and O–H groups in total. The predicted octanol–water partition coefficient (Wildman–Crippen LogP) is 5.23. The van der Waals surface area contributed by atoms with Crippen LogP contribution in [0, 0.1) is 0 Å². The molecule has 9 heteroatoms. The molecule has 6 aromatic rings. The van der Waals surface area contributed by atoms with Crippen molar-refractivity contribution in [1.29, 1.82) is 0 Å². The molecule has 2 aromatic carbocycles. The van der Waals surface area contributed by atoms with Crippen molar-refractivity contribution >= 4 is 56.4 Å². The second-order valence-corrected chi connectivity index (χ2v) is 8.09. The number of furan rings is 1. The lowest BCUT2D eigenvalue weighted by Crippen LogP contribution is -2.21. The van der Waals surface area contributed by atoms with Crippen molar-refractivity contribution in [3.63, 3.8) is 0 Å². The number of halogens is 2. The summed E-state index contributed by atoms with van der Waals surface area (Å²) in [5.74, 6) is 0.651. The first kappa shape index (κ1) is 19.0. The van der Waals surface area contributed by atoms with Crippen molar-refractivity contribution in [1.82, 2.24) is 24.1 Å². The minimum absolute atomic E-state index is 0.236. The average molecular weight is 462 g/mol. The molecule has 156 valence electrons. The van der Waals surface area contributed by atoms with Crippen LogP contribution in [0.4, 0.5) is 0 Å². The molecule has 0 aliphatic heterocycles. The van der Waals surface area contributed by atoms with Crippen LogP contribution >= 0.6 is 23.2 Å². The fraction of sp³-hybridized carbons (Fsp3) is 0.0435. The van der Waals surface area contributed by atoms with Crippen LogP contribution in [0.1, 0.15) is 5.76 Å². The minimum atomic E-state index is -0.236. The molecule has 0 radical (unpaired) electrons. The standard InChI is InChI=1S/C23H13Cl2N5O2/c24-15-8-7-13(10-16(15)25)30-21-19(20-22(30)28-18-6-2-1-5-17(18)27-20)23(31)29(12-26-21)11-14-4-3-9-32-14/h1-10,12H,11H2.